The summed E-state index contributed by atoms with van der Waals surface area (Å²) in [6.07, 6.45) is 1.79. The Kier molecular flexibility index (Phi) is 4.67. The van der Waals surface area contributed by atoms with Crippen molar-refractivity contribution < 1.29 is 9.59 Å². The van der Waals surface area contributed by atoms with Gasteiger partial charge in [-0.15, -0.1) is 0 Å². The van der Waals surface area contributed by atoms with Gasteiger partial charge in [-0.2, -0.15) is 0 Å². The van der Waals surface area contributed by atoms with Crippen LogP contribution in [0.3, 0.4) is 0 Å². The minimum atomic E-state index is -0.544. The first-order valence-corrected chi connectivity index (χ1v) is 9.76. The molecule has 3 heterocycles. The predicted molar refractivity (Wildman–Crippen MR) is 107 cm³/mol. The fourth-order valence-electron chi connectivity index (χ4n) is 4.38. The fourth-order valence-corrected chi connectivity index (χ4v) is 4.38. The molecule has 1 aromatic carbocycles. The standard InChI is InChI=1S/C22H26N4O2/c1-15-5-3-7-17(24-15)14-25-11-9-22(2,10-12-25)26-13-16-6-4-8-18(20(23)27)19(16)21(26)28/h3-8H,9-14H2,1-2H3,(H2,23,27). The van der Waals surface area contributed by atoms with Gasteiger partial charge in [0.15, 0.2) is 0 Å². The predicted octanol–water partition coefficient (Wildman–Crippen LogP) is 2.50. The highest BCUT2D eigenvalue weighted by Gasteiger charge is 2.43. The van der Waals surface area contributed by atoms with Crippen molar-refractivity contribution in [2.24, 2.45) is 5.73 Å². The summed E-state index contributed by atoms with van der Waals surface area (Å²) in [6, 6.07) is 11.5. The zero-order chi connectivity index (χ0) is 19.9. The number of aryl methyl sites for hydroxylation is 1. The topological polar surface area (TPSA) is 79.5 Å². The lowest BCUT2D eigenvalue weighted by Crippen LogP contribution is -2.53. The summed E-state index contributed by atoms with van der Waals surface area (Å²) < 4.78 is 0. The number of hydrogen-bond donors (Lipinski definition) is 1. The molecule has 6 heteroatoms. The Morgan fingerprint density at radius 1 is 1.18 bits per heavy atom. The van der Waals surface area contributed by atoms with Gasteiger partial charge in [0.25, 0.3) is 5.91 Å². The van der Waals surface area contributed by atoms with E-state index < -0.39 is 5.91 Å². The number of pyridine rings is 1. The maximum Gasteiger partial charge on any atom is 0.255 e. The zero-order valence-corrected chi connectivity index (χ0v) is 16.4. The molecule has 1 fully saturated rings. The van der Waals surface area contributed by atoms with Crippen LogP contribution in [0.25, 0.3) is 0 Å². The lowest BCUT2D eigenvalue weighted by atomic mass is 9.87. The minimum absolute atomic E-state index is 0.0688. The van der Waals surface area contributed by atoms with E-state index in [0.29, 0.717) is 17.7 Å². The number of carbonyl (C=O) groups excluding carboxylic acids is 2. The second-order valence-electron chi connectivity index (χ2n) is 8.14. The van der Waals surface area contributed by atoms with Crippen molar-refractivity contribution in [1.82, 2.24) is 14.8 Å². The van der Waals surface area contributed by atoms with E-state index in [0.717, 1.165) is 49.4 Å². The van der Waals surface area contributed by atoms with Crippen LogP contribution in [-0.2, 0) is 13.1 Å². The van der Waals surface area contributed by atoms with Crippen molar-refractivity contribution in [1.29, 1.82) is 0 Å². The Labute approximate surface area is 165 Å². The Bertz CT molecular complexity index is 932. The molecule has 1 aromatic heterocycles. The molecule has 146 valence electrons. The van der Waals surface area contributed by atoms with Crippen LogP contribution in [0.1, 0.15) is 57.4 Å². The van der Waals surface area contributed by atoms with Gasteiger partial charge < -0.3 is 10.6 Å². The van der Waals surface area contributed by atoms with Crippen molar-refractivity contribution in [3.05, 3.63) is 64.5 Å². The van der Waals surface area contributed by atoms with Crippen LogP contribution < -0.4 is 5.73 Å². The van der Waals surface area contributed by atoms with Crippen LogP contribution >= 0.6 is 0 Å². The molecule has 0 unspecified atom stereocenters. The number of piperidine rings is 1. The third-order valence-electron chi connectivity index (χ3n) is 6.12. The van der Waals surface area contributed by atoms with Gasteiger partial charge in [-0.3, -0.25) is 19.5 Å². The third-order valence-corrected chi connectivity index (χ3v) is 6.12. The molecule has 4 rings (SSSR count). The molecule has 0 atom stereocenters. The maximum atomic E-state index is 13.1. The van der Waals surface area contributed by atoms with Crippen LogP contribution in [0.4, 0.5) is 0 Å². The molecule has 28 heavy (non-hydrogen) atoms. The molecule has 2 N–H and O–H groups in total. The number of carbonyl (C=O) groups is 2. The summed E-state index contributed by atoms with van der Waals surface area (Å²) in [5.74, 6) is -0.613. The average molecular weight is 378 g/mol. The van der Waals surface area contributed by atoms with Gasteiger partial charge in [0.2, 0.25) is 5.91 Å². The van der Waals surface area contributed by atoms with Gasteiger partial charge in [-0.25, -0.2) is 0 Å². The molecule has 1 saturated heterocycles. The van der Waals surface area contributed by atoms with Crippen LogP contribution in [0.15, 0.2) is 36.4 Å². The van der Waals surface area contributed by atoms with Gasteiger partial charge in [-0.05, 0) is 50.5 Å². The normalized spacial score (nSPS) is 18.9. The van der Waals surface area contributed by atoms with Crippen molar-refractivity contribution in [3.8, 4) is 0 Å². The SMILES string of the molecule is Cc1cccc(CN2CCC(C)(N3Cc4cccc(C(N)=O)c4C3=O)CC2)n1. The van der Waals surface area contributed by atoms with E-state index >= 15 is 0 Å². The van der Waals surface area contributed by atoms with Crippen LogP contribution in [0.5, 0.6) is 0 Å². The summed E-state index contributed by atoms with van der Waals surface area (Å²) in [5.41, 5.74) is 9.10. The fraction of sp³-hybridized carbons (Fsp3) is 0.409. The zero-order valence-electron chi connectivity index (χ0n) is 16.4. The van der Waals surface area contributed by atoms with Crippen molar-refractivity contribution >= 4 is 11.8 Å². The molecule has 0 radical (unpaired) electrons. The average Bonchev–Trinajstić information content (AvgIpc) is 3.01. The van der Waals surface area contributed by atoms with E-state index in [9.17, 15) is 9.59 Å². The van der Waals surface area contributed by atoms with Crippen LogP contribution in [0, 0.1) is 6.92 Å². The van der Waals surface area contributed by atoms with E-state index in [1.165, 1.54) is 0 Å². The quantitative estimate of drug-likeness (QED) is 0.886. The molecule has 0 bridgehead atoms. The van der Waals surface area contributed by atoms with E-state index in [-0.39, 0.29) is 11.4 Å². The summed E-state index contributed by atoms with van der Waals surface area (Å²) in [6.45, 7) is 7.36. The number of amides is 2. The number of nitrogens with zero attached hydrogens (tertiary/aromatic N) is 3. The van der Waals surface area contributed by atoms with Crippen molar-refractivity contribution in [2.45, 2.75) is 45.3 Å². The van der Waals surface area contributed by atoms with Gasteiger partial charge in [0.05, 0.1) is 16.8 Å². The van der Waals surface area contributed by atoms with E-state index in [1.807, 2.05) is 30.0 Å². The van der Waals surface area contributed by atoms with Crippen molar-refractivity contribution in [2.75, 3.05) is 13.1 Å². The molecular formula is C22H26N4O2. The highest BCUT2D eigenvalue weighted by Crippen LogP contribution is 2.37. The lowest BCUT2D eigenvalue weighted by molar-refractivity contribution is 0.0264. The first-order chi connectivity index (χ1) is 13.4. The minimum Gasteiger partial charge on any atom is -0.366 e. The molecule has 2 amide bonds. The third kappa shape index (κ3) is 3.29. The van der Waals surface area contributed by atoms with E-state index in [4.69, 9.17) is 5.73 Å². The lowest BCUT2D eigenvalue weighted by Gasteiger charge is -2.45. The second-order valence-corrected chi connectivity index (χ2v) is 8.14. The Balaban J connectivity index is 1.47. The number of nitrogens with two attached hydrogens (primary N) is 1. The number of primary amides is 1. The Morgan fingerprint density at radius 2 is 1.89 bits per heavy atom. The van der Waals surface area contributed by atoms with Crippen LogP contribution in [0.2, 0.25) is 0 Å². The molecule has 2 aliphatic heterocycles. The Morgan fingerprint density at radius 3 is 2.57 bits per heavy atom. The summed E-state index contributed by atoms with van der Waals surface area (Å²) in [5, 5.41) is 0. The second kappa shape index (κ2) is 7.02. The molecule has 0 saturated carbocycles. The number of rotatable bonds is 4. The van der Waals surface area contributed by atoms with Crippen LogP contribution in [-0.4, -0.2) is 45.2 Å². The monoisotopic (exact) mass is 378 g/mol. The summed E-state index contributed by atoms with van der Waals surface area (Å²) in [4.78, 5) is 33.8. The molecule has 6 nitrogen and oxygen atoms in total. The highest BCUT2D eigenvalue weighted by atomic mass is 16.2. The number of hydrogen-bond acceptors (Lipinski definition) is 4. The summed E-state index contributed by atoms with van der Waals surface area (Å²) >= 11 is 0. The van der Waals surface area contributed by atoms with Gasteiger partial charge in [0, 0.05) is 37.4 Å². The smallest absolute Gasteiger partial charge is 0.255 e. The molecule has 0 aliphatic carbocycles. The maximum absolute atomic E-state index is 13.1. The molecule has 2 aromatic rings. The number of aromatic nitrogens is 1. The number of benzene rings is 1. The first-order valence-electron chi connectivity index (χ1n) is 9.76. The summed E-state index contributed by atoms with van der Waals surface area (Å²) in [7, 11) is 0. The van der Waals surface area contributed by atoms with Crippen molar-refractivity contribution in [3.63, 3.8) is 0 Å². The van der Waals surface area contributed by atoms with E-state index in [2.05, 4.69) is 22.9 Å². The van der Waals surface area contributed by atoms with Gasteiger partial charge in [-0.1, -0.05) is 18.2 Å². The highest BCUT2D eigenvalue weighted by molar-refractivity contribution is 6.09. The van der Waals surface area contributed by atoms with Gasteiger partial charge >= 0.3 is 0 Å². The molecule has 0 spiro atoms. The molecular weight excluding hydrogens is 352 g/mol. The molecule has 2 aliphatic rings. The van der Waals surface area contributed by atoms with Gasteiger partial charge in [0.1, 0.15) is 0 Å². The van der Waals surface area contributed by atoms with E-state index in [1.54, 1.807) is 12.1 Å². The number of likely N-dealkylation sites (tertiary alicyclic amines) is 1. The first kappa shape index (κ1) is 18.6. The Hall–Kier alpha value is -2.73. The largest absolute Gasteiger partial charge is 0.366 e. The number of fused-ring (bicyclic) bond motifs is 1.